The Kier molecular flexibility index (Phi) is 4.54. The third-order valence-corrected chi connectivity index (χ3v) is 3.23. The Balaban J connectivity index is 1.70. The molecule has 0 aliphatic rings. The largest absolute Gasteiger partial charge is 0.478 e. The third-order valence-electron chi connectivity index (χ3n) is 3.23. The number of carbonyl (C=O) groups excluding carboxylic acids is 1. The van der Waals surface area contributed by atoms with E-state index in [4.69, 9.17) is 14.4 Å². The van der Waals surface area contributed by atoms with Crippen LogP contribution < -0.4 is 10.2 Å². The second-order valence-corrected chi connectivity index (χ2v) is 4.83. The van der Waals surface area contributed by atoms with Crippen LogP contribution in [0.15, 0.2) is 64.1 Å². The van der Waals surface area contributed by atoms with Gasteiger partial charge in [0, 0.05) is 10.9 Å². The predicted molar refractivity (Wildman–Crippen MR) is 88.8 cm³/mol. The smallest absolute Gasteiger partial charge is 0.307 e. The van der Waals surface area contributed by atoms with Crippen molar-refractivity contribution in [1.82, 2.24) is 5.43 Å². The molecule has 24 heavy (non-hydrogen) atoms. The standard InChI is InChI=1S/C18H13N3O3/c19-9-10-23-15-7-3-2-6-14(15)12-20-21-18(22)17-11-13-5-1-4-8-16(13)24-17/h1-8,11-12H,10H2,(H,21,22)/b20-12+. The molecule has 1 N–H and O–H groups in total. The summed E-state index contributed by atoms with van der Waals surface area (Å²) in [6.45, 7) is -0.0593. The van der Waals surface area contributed by atoms with Crippen LogP contribution in [0.3, 0.4) is 0 Å². The van der Waals surface area contributed by atoms with Crippen molar-refractivity contribution in [3.63, 3.8) is 0 Å². The average Bonchev–Trinajstić information content (AvgIpc) is 3.05. The molecule has 0 unspecified atom stereocenters. The Morgan fingerprint density at radius 1 is 1.25 bits per heavy atom. The molecule has 0 spiro atoms. The van der Waals surface area contributed by atoms with Crippen molar-refractivity contribution in [2.24, 2.45) is 5.10 Å². The van der Waals surface area contributed by atoms with E-state index in [0.29, 0.717) is 16.9 Å². The summed E-state index contributed by atoms with van der Waals surface area (Å²) in [4.78, 5) is 12.1. The molecule has 0 saturated carbocycles. The maximum atomic E-state index is 12.1. The first-order valence-electron chi connectivity index (χ1n) is 7.18. The summed E-state index contributed by atoms with van der Waals surface area (Å²) in [5.41, 5.74) is 3.70. The molecule has 6 nitrogen and oxygen atoms in total. The predicted octanol–water partition coefficient (Wildman–Crippen LogP) is 3.10. The summed E-state index contributed by atoms with van der Waals surface area (Å²) in [6.07, 6.45) is 1.45. The monoisotopic (exact) mass is 319 g/mol. The lowest BCUT2D eigenvalue weighted by Gasteiger charge is -2.04. The number of hydrogen-bond donors (Lipinski definition) is 1. The van der Waals surface area contributed by atoms with Gasteiger partial charge >= 0.3 is 5.91 Å². The fourth-order valence-corrected chi connectivity index (χ4v) is 2.14. The van der Waals surface area contributed by atoms with Crippen LogP contribution in [-0.2, 0) is 0 Å². The fourth-order valence-electron chi connectivity index (χ4n) is 2.14. The van der Waals surface area contributed by atoms with E-state index in [0.717, 1.165) is 5.39 Å². The van der Waals surface area contributed by atoms with Gasteiger partial charge in [-0.15, -0.1) is 0 Å². The first-order valence-corrected chi connectivity index (χ1v) is 7.18. The number of hydrogen-bond acceptors (Lipinski definition) is 5. The molecule has 6 heteroatoms. The van der Waals surface area contributed by atoms with Crippen LogP contribution in [0.1, 0.15) is 16.1 Å². The van der Waals surface area contributed by atoms with Gasteiger partial charge in [-0.3, -0.25) is 4.79 Å². The Labute approximate surface area is 138 Å². The molecule has 1 aromatic heterocycles. The van der Waals surface area contributed by atoms with Crippen LogP contribution in [0.5, 0.6) is 5.75 Å². The van der Waals surface area contributed by atoms with E-state index in [9.17, 15) is 4.79 Å². The zero-order valence-electron chi connectivity index (χ0n) is 12.6. The summed E-state index contributed by atoms with van der Waals surface area (Å²) in [6, 6.07) is 18.0. The zero-order chi connectivity index (χ0) is 16.8. The number of ether oxygens (including phenoxy) is 1. The Hall–Kier alpha value is -3.59. The summed E-state index contributed by atoms with van der Waals surface area (Å²) in [5, 5.41) is 13.3. The molecular formula is C18H13N3O3. The van der Waals surface area contributed by atoms with E-state index in [1.807, 2.05) is 30.3 Å². The number of amides is 1. The minimum absolute atomic E-state index is 0.0593. The fraction of sp³-hybridized carbons (Fsp3) is 0.0556. The second kappa shape index (κ2) is 7.11. The molecule has 0 aliphatic carbocycles. The van der Waals surface area contributed by atoms with Gasteiger partial charge in [0.1, 0.15) is 17.4 Å². The number of furan rings is 1. The minimum Gasteiger partial charge on any atom is -0.478 e. The number of fused-ring (bicyclic) bond motifs is 1. The van der Waals surface area contributed by atoms with Gasteiger partial charge < -0.3 is 9.15 Å². The van der Waals surface area contributed by atoms with Crippen LogP contribution in [0.2, 0.25) is 0 Å². The minimum atomic E-state index is -0.446. The van der Waals surface area contributed by atoms with E-state index in [1.54, 1.807) is 30.3 Å². The first kappa shape index (κ1) is 15.3. The Morgan fingerprint density at radius 3 is 2.88 bits per heavy atom. The number of carbonyl (C=O) groups is 1. The molecule has 3 aromatic rings. The number of nitrogens with one attached hydrogen (secondary N) is 1. The van der Waals surface area contributed by atoms with Gasteiger partial charge in [0.25, 0.3) is 0 Å². The lowest BCUT2D eigenvalue weighted by molar-refractivity contribution is 0.0929. The molecule has 0 fully saturated rings. The van der Waals surface area contributed by atoms with Gasteiger partial charge in [-0.1, -0.05) is 30.3 Å². The van der Waals surface area contributed by atoms with Crippen molar-refractivity contribution in [3.05, 3.63) is 65.9 Å². The summed E-state index contributed by atoms with van der Waals surface area (Å²) in [5.74, 6) is 0.251. The summed E-state index contributed by atoms with van der Waals surface area (Å²) >= 11 is 0. The van der Waals surface area contributed by atoms with Crippen molar-refractivity contribution in [1.29, 1.82) is 5.26 Å². The number of rotatable bonds is 5. The van der Waals surface area contributed by atoms with Gasteiger partial charge in [-0.05, 0) is 24.3 Å². The highest BCUT2D eigenvalue weighted by Crippen LogP contribution is 2.18. The van der Waals surface area contributed by atoms with Crippen molar-refractivity contribution in [2.75, 3.05) is 6.61 Å². The topological polar surface area (TPSA) is 87.6 Å². The number of benzene rings is 2. The number of para-hydroxylation sites is 2. The molecule has 0 aliphatic heterocycles. The highest BCUT2D eigenvalue weighted by molar-refractivity contribution is 5.96. The highest BCUT2D eigenvalue weighted by atomic mass is 16.5. The van der Waals surface area contributed by atoms with Crippen LogP contribution in [0.25, 0.3) is 11.0 Å². The van der Waals surface area contributed by atoms with Crippen molar-refractivity contribution < 1.29 is 13.9 Å². The Bertz CT molecular complexity index is 905. The molecule has 0 bridgehead atoms. The maximum Gasteiger partial charge on any atom is 0.307 e. The molecule has 2 aromatic carbocycles. The first-order chi connectivity index (χ1) is 11.8. The van der Waals surface area contributed by atoms with E-state index >= 15 is 0 Å². The van der Waals surface area contributed by atoms with E-state index in [-0.39, 0.29) is 12.4 Å². The van der Waals surface area contributed by atoms with E-state index in [1.165, 1.54) is 6.21 Å². The highest BCUT2D eigenvalue weighted by Gasteiger charge is 2.11. The molecule has 0 saturated heterocycles. The van der Waals surface area contributed by atoms with Crippen LogP contribution in [0, 0.1) is 11.3 Å². The van der Waals surface area contributed by atoms with Crippen molar-refractivity contribution in [2.45, 2.75) is 0 Å². The molecule has 118 valence electrons. The molecule has 1 amide bonds. The van der Waals surface area contributed by atoms with Crippen LogP contribution >= 0.6 is 0 Å². The average molecular weight is 319 g/mol. The lowest BCUT2D eigenvalue weighted by Crippen LogP contribution is -2.16. The van der Waals surface area contributed by atoms with Crippen molar-refractivity contribution >= 4 is 23.1 Å². The second-order valence-electron chi connectivity index (χ2n) is 4.83. The van der Waals surface area contributed by atoms with Gasteiger partial charge in [-0.2, -0.15) is 10.4 Å². The van der Waals surface area contributed by atoms with Gasteiger partial charge in [0.15, 0.2) is 12.4 Å². The van der Waals surface area contributed by atoms with E-state index < -0.39 is 5.91 Å². The maximum absolute atomic E-state index is 12.1. The van der Waals surface area contributed by atoms with Gasteiger partial charge in [0.05, 0.1) is 6.21 Å². The SMILES string of the molecule is N#CCOc1ccccc1/C=N/NC(=O)c1cc2ccccc2o1. The van der Waals surface area contributed by atoms with Crippen LogP contribution in [0.4, 0.5) is 0 Å². The Morgan fingerprint density at radius 2 is 2.04 bits per heavy atom. The number of nitrogens with zero attached hydrogens (tertiary/aromatic N) is 2. The number of hydrazone groups is 1. The number of nitriles is 1. The van der Waals surface area contributed by atoms with Gasteiger partial charge in [-0.25, -0.2) is 5.43 Å². The van der Waals surface area contributed by atoms with Gasteiger partial charge in [0.2, 0.25) is 0 Å². The van der Waals surface area contributed by atoms with E-state index in [2.05, 4.69) is 10.5 Å². The molecular weight excluding hydrogens is 306 g/mol. The molecule has 0 atom stereocenters. The molecule has 0 radical (unpaired) electrons. The third kappa shape index (κ3) is 3.42. The molecule has 1 heterocycles. The quantitative estimate of drug-likeness (QED) is 0.578. The van der Waals surface area contributed by atoms with Crippen LogP contribution in [-0.4, -0.2) is 18.7 Å². The normalized spacial score (nSPS) is 10.6. The van der Waals surface area contributed by atoms with Crippen molar-refractivity contribution in [3.8, 4) is 11.8 Å². The molecule has 3 rings (SSSR count). The summed E-state index contributed by atoms with van der Waals surface area (Å²) in [7, 11) is 0. The zero-order valence-corrected chi connectivity index (χ0v) is 12.6. The lowest BCUT2D eigenvalue weighted by atomic mass is 10.2. The summed E-state index contributed by atoms with van der Waals surface area (Å²) < 4.78 is 10.7.